The maximum absolute atomic E-state index is 13.5. The van der Waals surface area contributed by atoms with Crippen LogP contribution < -0.4 is 9.80 Å². The van der Waals surface area contributed by atoms with Gasteiger partial charge in [0.25, 0.3) is 5.95 Å². The van der Waals surface area contributed by atoms with Gasteiger partial charge in [-0.25, -0.2) is 4.79 Å². The van der Waals surface area contributed by atoms with E-state index in [0.717, 1.165) is 10.4 Å². The van der Waals surface area contributed by atoms with E-state index < -0.39 is 42.2 Å². The Bertz CT molecular complexity index is 1320. The molecule has 204 valence electrons. The number of carbonyl (C=O) groups is 1. The molecule has 0 spiro atoms. The zero-order valence-electron chi connectivity index (χ0n) is 20.6. The molecule has 3 aromatic rings. The van der Waals surface area contributed by atoms with E-state index >= 15 is 0 Å². The Kier molecular flexibility index (Phi) is 7.01. The highest BCUT2D eigenvalue weighted by Crippen LogP contribution is 2.42. The first-order chi connectivity index (χ1) is 17.6. The number of amides is 1. The van der Waals surface area contributed by atoms with Crippen LogP contribution in [0.2, 0.25) is 0 Å². The first kappa shape index (κ1) is 27.2. The van der Waals surface area contributed by atoms with Gasteiger partial charge in [-0.1, -0.05) is 22.8 Å². The van der Waals surface area contributed by atoms with Gasteiger partial charge >= 0.3 is 18.4 Å². The monoisotopic (exact) mass is 542 g/mol. The van der Waals surface area contributed by atoms with Crippen molar-refractivity contribution in [1.29, 1.82) is 0 Å². The van der Waals surface area contributed by atoms with Crippen LogP contribution in [0.5, 0.6) is 0 Å². The fourth-order valence-electron chi connectivity index (χ4n) is 4.86. The number of nitrogens with zero attached hydrogens (tertiary/aromatic N) is 6. The number of fused-ring (bicyclic) bond motifs is 1. The SMILES string of the molecule is Cc1cc(C)c2c(c1)C(N(Cc1cc(C(F)(F)F)cc(C(F)(F)F)c1)c1nnn(C)n1)CCCN2C(=O)O. The third-order valence-corrected chi connectivity index (χ3v) is 6.32. The molecule has 1 aromatic heterocycles. The molecule has 1 atom stereocenters. The summed E-state index contributed by atoms with van der Waals surface area (Å²) in [6, 6.07) is 4.33. The smallest absolute Gasteiger partial charge is 0.416 e. The maximum Gasteiger partial charge on any atom is 0.416 e. The molecule has 0 bridgehead atoms. The van der Waals surface area contributed by atoms with Gasteiger partial charge < -0.3 is 10.0 Å². The molecule has 1 aliphatic rings. The number of aromatic nitrogens is 4. The van der Waals surface area contributed by atoms with Gasteiger partial charge in [0.15, 0.2) is 0 Å². The van der Waals surface area contributed by atoms with Crippen molar-refractivity contribution in [3.63, 3.8) is 0 Å². The van der Waals surface area contributed by atoms with Crippen molar-refractivity contribution in [1.82, 2.24) is 20.2 Å². The number of carboxylic acid groups (broad SMARTS) is 1. The lowest BCUT2D eigenvalue weighted by Crippen LogP contribution is -2.32. The Morgan fingerprint density at radius 2 is 1.68 bits per heavy atom. The van der Waals surface area contributed by atoms with E-state index in [-0.39, 0.29) is 24.1 Å². The minimum Gasteiger partial charge on any atom is -0.465 e. The first-order valence-corrected chi connectivity index (χ1v) is 11.6. The van der Waals surface area contributed by atoms with Gasteiger partial charge in [0.05, 0.1) is 29.9 Å². The molecule has 0 saturated carbocycles. The molecule has 4 rings (SSSR count). The van der Waals surface area contributed by atoms with Gasteiger partial charge in [0.2, 0.25) is 0 Å². The summed E-state index contributed by atoms with van der Waals surface area (Å²) in [6.45, 7) is 3.31. The minimum absolute atomic E-state index is 0.0163. The highest BCUT2D eigenvalue weighted by molar-refractivity contribution is 5.89. The second-order valence-corrected chi connectivity index (χ2v) is 9.23. The van der Waals surface area contributed by atoms with Crippen LogP contribution in [0.3, 0.4) is 0 Å². The quantitative estimate of drug-likeness (QED) is 0.414. The van der Waals surface area contributed by atoms with Crippen LogP contribution in [0.4, 0.5) is 42.8 Å². The van der Waals surface area contributed by atoms with Crippen molar-refractivity contribution in [3.8, 4) is 0 Å². The summed E-state index contributed by atoms with van der Waals surface area (Å²) in [4.78, 5) is 15.9. The number of tetrazole rings is 1. The van der Waals surface area contributed by atoms with E-state index in [2.05, 4.69) is 15.4 Å². The molecule has 1 N–H and O–H groups in total. The molecule has 8 nitrogen and oxygen atoms in total. The Hall–Kier alpha value is -3.84. The van der Waals surface area contributed by atoms with Crippen LogP contribution in [0, 0.1) is 13.8 Å². The predicted octanol–water partition coefficient (Wildman–Crippen LogP) is 5.89. The molecule has 1 aliphatic heterocycles. The van der Waals surface area contributed by atoms with Crippen molar-refractivity contribution in [2.75, 3.05) is 16.3 Å². The average Bonchev–Trinajstić information content (AvgIpc) is 3.13. The van der Waals surface area contributed by atoms with Gasteiger partial charge in [-0.05, 0) is 66.8 Å². The number of anilines is 2. The Balaban J connectivity index is 1.90. The van der Waals surface area contributed by atoms with Gasteiger partial charge in [0.1, 0.15) is 0 Å². The summed E-state index contributed by atoms with van der Waals surface area (Å²) in [5.41, 5.74) is -0.676. The molecule has 0 fully saturated rings. The average molecular weight is 542 g/mol. The predicted molar refractivity (Wildman–Crippen MR) is 125 cm³/mol. The lowest BCUT2D eigenvalue weighted by atomic mass is 9.94. The number of hydrogen-bond donors (Lipinski definition) is 1. The normalized spacial score (nSPS) is 16.2. The van der Waals surface area contributed by atoms with Gasteiger partial charge in [-0.15, -0.1) is 5.10 Å². The number of benzene rings is 2. The largest absolute Gasteiger partial charge is 0.465 e. The molecular weight excluding hydrogens is 518 g/mol. The molecule has 1 unspecified atom stereocenters. The van der Waals surface area contributed by atoms with E-state index in [1.54, 1.807) is 13.0 Å². The molecule has 38 heavy (non-hydrogen) atoms. The molecule has 2 aromatic carbocycles. The summed E-state index contributed by atoms with van der Waals surface area (Å²) in [5, 5.41) is 21.8. The van der Waals surface area contributed by atoms with Crippen LogP contribution >= 0.6 is 0 Å². The second kappa shape index (κ2) is 9.80. The number of rotatable bonds is 4. The summed E-state index contributed by atoms with van der Waals surface area (Å²) in [6.07, 6.45) is -10.5. The lowest BCUT2D eigenvalue weighted by molar-refractivity contribution is -0.143. The molecule has 1 amide bonds. The Morgan fingerprint density at radius 1 is 1.05 bits per heavy atom. The third-order valence-electron chi connectivity index (χ3n) is 6.32. The number of hydrogen-bond acceptors (Lipinski definition) is 5. The van der Waals surface area contributed by atoms with Crippen molar-refractivity contribution in [2.45, 2.75) is 51.6 Å². The van der Waals surface area contributed by atoms with Crippen molar-refractivity contribution in [3.05, 3.63) is 63.7 Å². The number of alkyl halides is 6. The number of halogens is 6. The summed E-state index contributed by atoms with van der Waals surface area (Å²) in [7, 11) is 1.47. The van der Waals surface area contributed by atoms with Crippen molar-refractivity contribution < 1.29 is 36.2 Å². The van der Waals surface area contributed by atoms with Crippen molar-refractivity contribution in [2.24, 2.45) is 7.05 Å². The topological polar surface area (TPSA) is 87.4 Å². The first-order valence-electron chi connectivity index (χ1n) is 11.6. The second-order valence-electron chi connectivity index (χ2n) is 9.23. The zero-order chi connectivity index (χ0) is 28.0. The third kappa shape index (κ3) is 5.53. The Labute approximate surface area is 213 Å². The molecule has 0 aliphatic carbocycles. The summed E-state index contributed by atoms with van der Waals surface area (Å²) in [5.74, 6) is -0.0163. The summed E-state index contributed by atoms with van der Waals surface area (Å²) >= 11 is 0. The number of aryl methyl sites for hydroxylation is 3. The molecule has 14 heteroatoms. The molecular formula is C24H24F6N6O2. The summed E-state index contributed by atoms with van der Waals surface area (Å²) < 4.78 is 81.2. The van der Waals surface area contributed by atoms with Crippen LogP contribution in [0.1, 0.15) is 52.3 Å². The van der Waals surface area contributed by atoms with Gasteiger partial charge in [-0.3, -0.25) is 4.90 Å². The van der Waals surface area contributed by atoms with E-state index in [1.807, 2.05) is 13.0 Å². The fourth-order valence-corrected chi connectivity index (χ4v) is 4.86. The van der Waals surface area contributed by atoms with Crippen LogP contribution in [-0.2, 0) is 25.9 Å². The van der Waals surface area contributed by atoms with E-state index in [0.29, 0.717) is 41.8 Å². The maximum atomic E-state index is 13.5. The molecule has 2 heterocycles. The van der Waals surface area contributed by atoms with Crippen LogP contribution in [-0.4, -0.2) is 38.0 Å². The molecule has 0 radical (unpaired) electrons. The minimum atomic E-state index is -5.00. The van der Waals surface area contributed by atoms with E-state index in [1.165, 1.54) is 16.8 Å². The van der Waals surface area contributed by atoms with E-state index in [9.17, 15) is 36.2 Å². The van der Waals surface area contributed by atoms with Crippen molar-refractivity contribution >= 4 is 17.7 Å². The van der Waals surface area contributed by atoms with Crippen LogP contribution in [0.25, 0.3) is 0 Å². The molecule has 0 saturated heterocycles. The van der Waals surface area contributed by atoms with Gasteiger partial charge in [-0.2, -0.15) is 31.1 Å². The highest BCUT2D eigenvalue weighted by Gasteiger charge is 2.38. The standard InChI is InChI=1S/C24H24F6N6O2/c1-13-7-14(2)20-18(8-13)19(5-4-6-35(20)22(37)38)36(21-31-33-34(3)32-21)12-15-9-16(23(25,26)27)11-17(10-15)24(28,29)30/h7-11,19H,4-6,12H2,1-3H3,(H,37,38). The van der Waals surface area contributed by atoms with Crippen LogP contribution in [0.15, 0.2) is 30.3 Å². The zero-order valence-corrected chi connectivity index (χ0v) is 20.6. The fraction of sp³-hybridized carbons (Fsp3) is 0.417. The van der Waals surface area contributed by atoms with Gasteiger partial charge in [0, 0.05) is 13.1 Å². The lowest BCUT2D eigenvalue weighted by Gasteiger charge is -2.32. The van der Waals surface area contributed by atoms with E-state index in [4.69, 9.17) is 0 Å². The Morgan fingerprint density at radius 3 is 2.21 bits per heavy atom. The highest BCUT2D eigenvalue weighted by atomic mass is 19.4.